The normalized spacial score (nSPS) is 10.1. The van der Waals surface area contributed by atoms with Gasteiger partial charge in [-0.25, -0.2) is 5.10 Å². The van der Waals surface area contributed by atoms with Crippen molar-refractivity contribution in [1.82, 2.24) is 10.2 Å². The molecule has 1 aromatic carbocycles. The van der Waals surface area contributed by atoms with E-state index in [1.807, 2.05) is 0 Å². The van der Waals surface area contributed by atoms with Crippen molar-refractivity contribution in [2.75, 3.05) is 5.32 Å². The molecule has 0 aliphatic carbocycles. The molecule has 0 aliphatic heterocycles. The molecular weight excluding hydrogens is 332 g/mol. The molecule has 2 N–H and O–H groups in total. The topological polar surface area (TPSA) is 118 Å². The molecule has 102 valence electrons. The van der Waals surface area contributed by atoms with Crippen molar-refractivity contribution >= 4 is 33.2 Å². The number of carbonyl (C=O) groups excluding carboxylic acids is 1. The average molecular weight is 339 g/mol. The number of halogens is 1. The SMILES string of the molecule is O=C(Nc1ccc(Br)c([N+](=O)[O-])c1)c1ccc(=O)[nH]n1. The molecule has 0 unspecified atom stereocenters. The van der Waals surface area contributed by atoms with E-state index in [0.29, 0.717) is 4.47 Å². The second-order valence-electron chi connectivity index (χ2n) is 3.68. The Balaban J connectivity index is 2.24. The summed E-state index contributed by atoms with van der Waals surface area (Å²) in [5.74, 6) is -0.585. The van der Waals surface area contributed by atoms with Crippen LogP contribution in [-0.2, 0) is 0 Å². The lowest BCUT2D eigenvalue weighted by atomic mass is 10.2. The molecule has 9 heteroatoms. The molecule has 20 heavy (non-hydrogen) atoms. The smallest absolute Gasteiger partial charge is 0.285 e. The van der Waals surface area contributed by atoms with Crippen LogP contribution in [-0.4, -0.2) is 21.0 Å². The van der Waals surface area contributed by atoms with Crippen LogP contribution in [0.25, 0.3) is 0 Å². The number of carbonyl (C=O) groups is 1. The molecule has 1 aromatic heterocycles. The quantitative estimate of drug-likeness (QED) is 0.652. The van der Waals surface area contributed by atoms with Crippen LogP contribution < -0.4 is 10.9 Å². The Morgan fingerprint density at radius 3 is 2.70 bits per heavy atom. The number of nitro groups is 1. The minimum Gasteiger partial charge on any atom is -0.320 e. The van der Waals surface area contributed by atoms with Crippen LogP contribution in [0.1, 0.15) is 10.5 Å². The highest BCUT2D eigenvalue weighted by atomic mass is 79.9. The number of benzene rings is 1. The predicted octanol–water partition coefficient (Wildman–Crippen LogP) is 1.69. The van der Waals surface area contributed by atoms with Gasteiger partial charge in [0.1, 0.15) is 5.69 Å². The number of H-pyrrole nitrogens is 1. The first-order valence-electron chi connectivity index (χ1n) is 5.28. The fourth-order valence-corrected chi connectivity index (χ4v) is 1.79. The summed E-state index contributed by atoms with van der Waals surface area (Å²) >= 11 is 3.04. The van der Waals surface area contributed by atoms with E-state index in [9.17, 15) is 19.7 Å². The van der Waals surface area contributed by atoms with E-state index in [2.05, 4.69) is 31.4 Å². The molecule has 8 nitrogen and oxygen atoms in total. The van der Waals surface area contributed by atoms with Gasteiger partial charge in [0.15, 0.2) is 0 Å². The number of aromatic nitrogens is 2. The Morgan fingerprint density at radius 2 is 2.10 bits per heavy atom. The van der Waals surface area contributed by atoms with Crippen molar-refractivity contribution < 1.29 is 9.72 Å². The molecule has 2 aromatic rings. The van der Waals surface area contributed by atoms with Gasteiger partial charge >= 0.3 is 0 Å². The Labute approximate surface area is 120 Å². The van der Waals surface area contributed by atoms with Crippen molar-refractivity contribution in [3.63, 3.8) is 0 Å². The Bertz CT molecular complexity index is 723. The van der Waals surface area contributed by atoms with Crippen LogP contribution in [0.2, 0.25) is 0 Å². The number of aromatic amines is 1. The number of anilines is 1. The van der Waals surface area contributed by atoms with Gasteiger partial charge in [-0.1, -0.05) is 0 Å². The summed E-state index contributed by atoms with van der Waals surface area (Å²) in [6, 6.07) is 6.58. The third-order valence-corrected chi connectivity index (χ3v) is 2.98. The number of amides is 1. The van der Waals surface area contributed by atoms with E-state index in [1.165, 1.54) is 24.3 Å². The minimum atomic E-state index is -0.585. The van der Waals surface area contributed by atoms with Gasteiger partial charge in [-0.05, 0) is 34.1 Å². The second kappa shape index (κ2) is 5.61. The second-order valence-corrected chi connectivity index (χ2v) is 4.54. The summed E-state index contributed by atoms with van der Waals surface area (Å²) < 4.78 is 0.308. The van der Waals surface area contributed by atoms with Gasteiger partial charge < -0.3 is 5.32 Å². The van der Waals surface area contributed by atoms with Crippen LogP contribution in [0.15, 0.2) is 39.6 Å². The van der Waals surface area contributed by atoms with Gasteiger partial charge in [-0.15, -0.1) is 0 Å². The zero-order valence-corrected chi connectivity index (χ0v) is 11.4. The average Bonchev–Trinajstić information content (AvgIpc) is 2.41. The number of nitrogens with zero attached hydrogens (tertiary/aromatic N) is 2. The van der Waals surface area contributed by atoms with Gasteiger partial charge in [0, 0.05) is 17.8 Å². The lowest BCUT2D eigenvalue weighted by Crippen LogP contribution is -2.17. The summed E-state index contributed by atoms with van der Waals surface area (Å²) in [4.78, 5) is 32.9. The maximum absolute atomic E-state index is 11.8. The summed E-state index contributed by atoms with van der Waals surface area (Å²) in [5, 5.41) is 18.9. The lowest BCUT2D eigenvalue weighted by Gasteiger charge is -2.04. The molecule has 0 saturated carbocycles. The van der Waals surface area contributed by atoms with E-state index in [1.54, 1.807) is 0 Å². The molecule has 0 spiro atoms. The Morgan fingerprint density at radius 1 is 1.35 bits per heavy atom. The van der Waals surface area contributed by atoms with E-state index in [4.69, 9.17) is 0 Å². The molecule has 0 radical (unpaired) electrons. The van der Waals surface area contributed by atoms with Crippen molar-refractivity contribution in [3.8, 4) is 0 Å². The van der Waals surface area contributed by atoms with E-state index in [-0.39, 0.29) is 17.1 Å². The van der Waals surface area contributed by atoms with Crippen LogP contribution in [0, 0.1) is 10.1 Å². The summed E-state index contributed by atoms with van der Waals surface area (Å²) in [6.07, 6.45) is 0. The molecule has 0 bridgehead atoms. The van der Waals surface area contributed by atoms with Crippen LogP contribution in [0.5, 0.6) is 0 Å². The fourth-order valence-electron chi connectivity index (χ4n) is 1.40. The maximum Gasteiger partial charge on any atom is 0.285 e. The van der Waals surface area contributed by atoms with Crippen LogP contribution >= 0.6 is 15.9 Å². The number of rotatable bonds is 3. The number of nitro benzene ring substituents is 1. The highest BCUT2D eigenvalue weighted by molar-refractivity contribution is 9.10. The van der Waals surface area contributed by atoms with Gasteiger partial charge in [-0.3, -0.25) is 19.7 Å². The Kier molecular flexibility index (Phi) is 3.89. The number of hydrogen-bond acceptors (Lipinski definition) is 5. The summed E-state index contributed by atoms with van der Waals surface area (Å²) in [5.41, 5.74) is -0.355. The molecule has 2 rings (SSSR count). The van der Waals surface area contributed by atoms with E-state index in [0.717, 1.165) is 6.07 Å². The molecule has 0 atom stereocenters. The monoisotopic (exact) mass is 338 g/mol. The maximum atomic E-state index is 11.8. The van der Waals surface area contributed by atoms with Crippen molar-refractivity contribution in [2.24, 2.45) is 0 Å². The number of nitrogens with one attached hydrogen (secondary N) is 2. The van der Waals surface area contributed by atoms with Gasteiger partial charge in [-0.2, -0.15) is 5.10 Å². The molecule has 1 amide bonds. The van der Waals surface area contributed by atoms with E-state index >= 15 is 0 Å². The Hall–Kier alpha value is -2.55. The van der Waals surface area contributed by atoms with Crippen molar-refractivity contribution in [1.29, 1.82) is 0 Å². The first-order valence-corrected chi connectivity index (χ1v) is 6.07. The standard InChI is InChI=1S/C11H7BrN4O4/c12-7-2-1-6(5-9(7)16(19)20)13-11(18)8-3-4-10(17)15-14-8/h1-5H,(H,13,18)(H,15,17). The van der Waals surface area contributed by atoms with Crippen LogP contribution in [0.4, 0.5) is 11.4 Å². The zero-order valence-electron chi connectivity index (χ0n) is 9.79. The van der Waals surface area contributed by atoms with E-state index < -0.39 is 16.4 Å². The van der Waals surface area contributed by atoms with Gasteiger partial charge in [0.05, 0.1) is 9.40 Å². The zero-order chi connectivity index (χ0) is 14.7. The molecule has 0 fully saturated rings. The third kappa shape index (κ3) is 3.06. The first-order chi connectivity index (χ1) is 9.47. The predicted molar refractivity (Wildman–Crippen MR) is 73.6 cm³/mol. The molecule has 0 saturated heterocycles. The van der Waals surface area contributed by atoms with Gasteiger partial charge in [0.2, 0.25) is 0 Å². The molecule has 1 heterocycles. The fraction of sp³-hybridized carbons (Fsp3) is 0. The molecular formula is C11H7BrN4O4. The van der Waals surface area contributed by atoms with Gasteiger partial charge in [0.25, 0.3) is 17.2 Å². The van der Waals surface area contributed by atoms with Crippen molar-refractivity contribution in [3.05, 3.63) is 61.0 Å². The third-order valence-electron chi connectivity index (χ3n) is 2.31. The summed E-state index contributed by atoms with van der Waals surface area (Å²) in [6.45, 7) is 0. The molecule has 0 aliphatic rings. The number of hydrogen-bond donors (Lipinski definition) is 2. The van der Waals surface area contributed by atoms with Crippen LogP contribution in [0.3, 0.4) is 0 Å². The largest absolute Gasteiger partial charge is 0.320 e. The minimum absolute atomic E-state index is 0.00447. The first kappa shape index (κ1) is 13.9. The van der Waals surface area contributed by atoms with Crippen molar-refractivity contribution in [2.45, 2.75) is 0 Å². The lowest BCUT2D eigenvalue weighted by molar-refractivity contribution is -0.385. The summed E-state index contributed by atoms with van der Waals surface area (Å²) in [7, 11) is 0. The highest BCUT2D eigenvalue weighted by Crippen LogP contribution is 2.27. The highest BCUT2D eigenvalue weighted by Gasteiger charge is 2.14.